The van der Waals surface area contributed by atoms with E-state index >= 15 is 0 Å². The Morgan fingerprint density at radius 2 is 1.93 bits per heavy atom. The number of carbonyl (C=O) groups is 1. The Morgan fingerprint density at radius 1 is 1.11 bits per heavy atom. The predicted molar refractivity (Wildman–Crippen MR) is 106 cm³/mol. The van der Waals surface area contributed by atoms with E-state index in [1.54, 1.807) is 44.0 Å². The van der Waals surface area contributed by atoms with Crippen molar-refractivity contribution in [3.05, 3.63) is 72.4 Å². The van der Waals surface area contributed by atoms with Gasteiger partial charge in [0.1, 0.15) is 5.75 Å². The molecule has 1 aliphatic heterocycles. The van der Waals surface area contributed by atoms with Crippen LogP contribution in [0.3, 0.4) is 0 Å². The van der Waals surface area contributed by atoms with E-state index in [0.29, 0.717) is 12.1 Å². The minimum atomic E-state index is 0.0407. The van der Waals surface area contributed by atoms with Crippen LogP contribution in [0.25, 0.3) is 11.3 Å². The largest absolute Gasteiger partial charge is 0.497 e. The number of pyridine rings is 1. The molecular formula is C22H22N4O2. The molecule has 3 heterocycles. The van der Waals surface area contributed by atoms with Crippen molar-refractivity contribution < 1.29 is 9.53 Å². The monoisotopic (exact) mass is 374 g/mol. The summed E-state index contributed by atoms with van der Waals surface area (Å²) in [5, 5.41) is 0. The van der Waals surface area contributed by atoms with Crippen LogP contribution in [-0.2, 0) is 0 Å². The highest BCUT2D eigenvalue weighted by Gasteiger charge is 2.28. The maximum atomic E-state index is 12.9. The Morgan fingerprint density at radius 3 is 2.75 bits per heavy atom. The van der Waals surface area contributed by atoms with Crippen molar-refractivity contribution in [3.8, 4) is 17.0 Å². The van der Waals surface area contributed by atoms with E-state index in [1.165, 1.54) is 0 Å². The molecule has 0 bridgehead atoms. The molecule has 2 aromatic heterocycles. The van der Waals surface area contributed by atoms with Crippen molar-refractivity contribution in [3.63, 3.8) is 0 Å². The number of likely N-dealkylation sites (tertiary alicyclic amines) is 1. The molecule has 142 valence electrons. The van der Waals surface area contributed by atoms with Crippen LogP contribution in [0.5, 0.6) is 5.75 Å². The molecule has 28 heavy (non-hydrogen) atoms. The summed E-state index contributed by atoms with van der Waals surface area (Å²) in [6.45, 7) is 1.39. The molecule has 0 N–H and O–H groups in total. The van der Waals surface area contributed by atoms with Gasteiger partial charge in [0, 0.05) is 54.9 Å². The van der Waals surface area contributed by atoms with E-state index in [0.717, 1.165) is 42.1 Å². The first-order valence-electron chi connectivity index (χ1n) is 9.41. The van der Waals surface area contributed by atoms with E-state index < -0.39 is 0 Å². The zero-order chi connectivity index (χ0) is 19.3. The number of ether oxygens (including phenoxy) is 1. The van der Waals surface area contributed by atoms with E-state index in [4.69, 9.17) is 4.74 Å². The van der Waals surface area contributed by atoms with E-state index in [1.807, 2.05) is 29.2 Å². The Hall–Kier alpha value is -3.28. The third-order valence-electron chi connectivity index (χ3n) is 5.09. The third-order valence-corrected chi connectivity index (χ3v) is 5.09. The quantitative estimate of drug-likeness (QED) is 0.698. The number of methoxy groups -OCH3 is 1. The second-order valence-corrected chi connectivity index (χ2v) is 6.85. The van der Waals surface area contributed by atoms with Crippen LogP contribution in [0.15, 0.2) is 61.2 Å². The Bertz CT molecular complexity index is 962. The minimum absolute atomic E-state index is 0.0407. The smallest absolute Gasteiger partial charge is 0.253 e. The van der Waals surface area contributed by atoms with Gasteiger partial charge in [-0.05, 0) is 37.1 Å². The van der Waals surface area contributed by atoms with Gasteiger partial charge in [0.15, 0.2) is 0 Å². The molecule has 0 aliphatic carbocycles. The molecule has 6 heteroatoms. The van der Waals surface area contributed by atoms with Gasteiger partial charge in [-0.1, -0.05) is 12.1 Å². The van der Waals surface area contributed by atoms with Crippen molar-refractivity contribution in [2.24, 2.45) is 0 Å². The molecule has 6 nitrogen and oxygen atoms in total. The molecule has 0 radical (unpaired) electrons. The van der Waals surface area contributed by atoms with Crippen molar-refractivity contribution in [2.45, 2.75) is 18.8 Å². The summed E-state index contributed by atoms with van der Waals surface area (Å²) in [7, 11) is 1.65. The van der Waals surface area contributed by atoms with Gasteiger partial charge >= 0.3 is 0 Å². The normalized spacial score (nSPS) is 16.6. The van der Waals surface area contributed by atoms with Gasteiger partial charge in [0.25, 0.3) is 5.91 Å². The zero-order valence-corrected chi connectivity index (χ0v) is 15.8. The number of hydrogen-bond donors (Lipinski definition) is 0. The van der Waals surface area contributed by atoms with Gasteiger partial charge in [0.2, 0.25) is 0 Å². The number of nitrogens with zero attached hydrogens (tertiary/aromatic N) is 4. The molecule has 1 unspecified atom stereocenters. The maximum Gasteiger partial charge on any atom is 0.253 e. The van der Waals surface area contributed by atoms with Crippen LogP contribution < -0.4 is 4.74 Å². The highest BCUT2D eigenvalue weighted by Crippen LogP contribution is 2.33. The molecule has 1 aromatic carbocycles. The average molecular weight is 374 g/mol. The molecule has 1 aliphatic rings. The van der Waals surface area contributed by atoms with Gasteiger partial charge in [0.05, 0.1) is 18.5 Å². The molecule has 1 atom stereocenters. The van der Waals surface area contributed by atoms with Crippen LogP contribution in [0.4, 0.5) is 0 Å². The fourth-order valence-corrected chi connectivity index (χ4v) is 3.70. The third kappa shape index (κ3) is 3.71. The molecule has 4 rings (SSSR count). The molecule has 1 saturated heterocycles. The first-order chi connectivity index (χ1) is 13.8. The van der Waals surface area contributed by atoms with E-state index in [2.05, 4.69) is 15.0 Å². The SMILES string of the molecule is COc1cccc(-c2nccnc2C2CCCN(C(=O)c3ccncc3)C2)c1. The summed E-state index contributed by atoms with van der Waals surface area (Å²) >= 11 is 0. The number of piperidine rings is 1. The van der Waals surface area contributed by atoms with Crippen molar-refractivity contribution in [1.82, 2.24) is 19.9 Å². The summed E-state index contributed by atoms with van der Waals surface area (Å²) in [6.07, 6.45) is 8.66. The van der Waals surface area contributed by atoms with Gasteiger partial charge in [-0.15, -0.1) is 0 Å². The Labute approximate surface area is 164 Å². The fourth-order valence-electron chi connectivity index (χ4n) is 3.70. The molecule has 0 saturated carbocycles. The van der Waals surface area contributed by atoms with Crippen molar-refractivity contribution >= 4 is 5.91 Å². The van der Waals surface area contributed by atoms with Crippen LogP contribution in [-0.4, -0.2) is 46.0 Å². The lowest BCUT2D eigenvalue weighted by atomic mass is 9.91. The fraction of sp³-hybridized carbons (Fsp3) is 0.273. The standard InChI is InChI=1S/C22H22N4O2/c1-28-19-6-2-4-17(14-19)20-21(25-12-11-24-20)18-5-3-13-26(15-18)22(27)16-7-9-23-10-8-16/h2,4,6-12,14,18H,3,5,13,15H2,1H3. The van der Waals surface area contributed by atoms with Gasteiger partial charge in [-0.25, -0.2) is 0 Å². The van der Waals surface area contributed by atoms with Crippen molar-refractivity contribution in [1.29, 1.82) is 0 Å². The van der Waals surface area contributed by atoms with Crippen LogP contribution in [0, 0.1) is 0 Å². The van der Waals surface area contributed by atoms with Crippen LogP contribution >= 0.6 is 0 Å². The van der Waals surface area contributed by atoms with Crippen molar-refractivity contribution in [2.75, 3.05) is 20.2 Å². The first kappa shape index (κ1) is 18.1. The summed E-state index contributed by atoms with van der Waals surface area (Å²) in [6, 6.07) is 11.4. The number of benzene rings is 1. The summed E-state index contributed by atoms with van der Waals surface area (Å²) in [5.41, 5.74) is 3.43. The lowest BCUT2D eigenvalue weighted by Gasteiger charge is -2.33. The highest BCUT2D eigenvalue weighted by atomic mass is 16.5. The lowest BCUT2D eigenvalue weighted by Crippen LogP contribution is -2.39. The summed E-state index contributed by atoms with van der Waals surface area (Å²) in [5.74, 6) is 0.973. The highest BCUT2D eigenvalue weighted by molar-refractivity contribution is 5.94. The lowest BCUT2D eigenvalue weighted by molar-refractivity contribution is 0.0706. The first-order valence-corrected chi connectivity index (χ1v) is 9.41. The maximum absolute atomic E-state index is 12.9. The molecular weight excluding hydrogens is 352 g/mol. The number of hydrogen-bond acceptors (Lipinski definition) is 5. The summed E-state index contributed by atoms with van der Waals surface area (Å²) in [4.78, 5) is 28.0. The van der Waals surface area contributed by atoms with Crippen LogP contribution in [0.2, 0.25) is 0 Å². The zero-order valence-electron chi connectivity index (χ0n) is 15.8. The number of aromatic nitrogens is 3. The second kappa shape index (κ2) is 8.17. The van der Waals surface area contributed by atoms with Crippen LogP contribution in [0.1, 0.15) is 34.8 Å². The average Bonchev–Trinajstić information content (AvgIpc) is 2.79. The molecule has 1 amide bonds. The topological polar surface area (TPSA) is 68.2 Å². The minimum Gasteiger partial charge on any atom is -0.497 e. The Kier molecular flexibility index (Phi) is 5.28. The summed E-state index contributed by atoms with van der Waals surface area (Å²) < 4.78 is 5.35. The van der Waals surface area contributed by atoms with E-state index in [-0.39, 0.29) is 11.8 Å². The van der Waals surface area contributed by atoms with E-state index in [9.17, 15) is 4.79 Å². The van der Waals surface area contributed by atoms with Gasteiger partial charge in [-0.2, -0.15) is 0 Å². The van der Waals surface area contributed by atoms with Gasteiger partial charge < -0.3 is 9.64 Å². The van der Waals surface area contributed by atoms with Gasteiger partial charge in [-0.3, -0.25) is 19.7 Å². The molecule has 1 fully saturated rings. The number of rotatable bonds is 4. The molecule has 0 spiro atoms. The Balaban J connectivity index is 1.62. The molecule has 3 aromatic rings. The second-order valence-electron chi connectivity index (χ2n) is 6.85. The number of carbonyl (C=O) groups excluding carboxylic acids is 1. The number of amides is 1. The predicted octanol–water partition coefficient (Wildman–Crippen LogP) is 3.57.